The lowest BCUT2D eigenvalue weighted by Crippen LogP contribution is -2.24. The Kier molecular flexibility index (Phi) is 7.45. The smallest absolute Gasteiger partial charge is 0.120 e. The van der Waals surface area contributed by atoms with Crippen LogP contribution in [0.1, 0.15) is 29.5 Å². The molecule has 28 heavy (non-hydrogen) atoms. The first kappa shape index (κ1) is 19.9. The van der Waals surface area contributed by atoms with E-state index in [0.717, 1.165) is 18.8 Å². The van der Waals surface area contributed by atoms with Gasteiger partial charge in [0.2, 0.25) is 0 Å². The van der Waals surface area contributed by atoms with E-state index >= 15 is 0 Å². The normalized spacial score (nSPS) is 12.9. The van der Waals surface area contributed by atoms with E-state index in [1.807, 2.05) is 36.4 Å². The van der Waals surface area contributed by atoms with Crippen molar-refractivity contribution >= 4 is 0 Å². The summed E-state index contributed by atoms with van der Waals surface area (Å²) in [6, 6.07) is 29.1. The lowest BCUT2D eigenvalue weighted by Gasteiger charge is -2.22. The van der Waals surface area contributed by atoms with Crippen LogP contribution in [0.3, 0.4) is 0 Å². The van der Waals surface area contributed by atoms with Crippen molar-refractivity contribution in [2.24, 2.45) is 5.92 Å². The number of hydrogen-bond donors (Lipinski definition) is 1. The molecule has 0 amide bonds. The number of rotatable bonds is 10. The van der Waals surface area contributed by atoms with Gasteiger partial charge in [0.1, 0.15) is 12.4 Å². The zero-order valence-corrected chi connectivity index (χ0v) is 16.6. The largest absolute Gasteiger partial charge is 0.489 e. The number of benzene rings is 3. The maximum atomic E-state index is 6.00. The van der Waals surface area contributed by atoms with E-state index in [2.05, 4.69) is 73.4 Å². The van der Waals surface area contributed by atoms with Crippen LogP contribution in [0.25, 0.3) is 0 Å². The lowest BCUT2D eigenvalue weighted by molar-refractivity contribution is 0.305. The van der Waals surface area contributed by atoms with Gasteiger partial charge in [0.15, 0.2) is 0 Å². The first-order valence-corrected chi connectivity index (χ1v) is 9.90. The van der Waals surface area contributed by atoms with Crippen molar-refractivity contribution in [3.8, 4) is 5.75 Å². The number of nitrogens with one attached hydrogen (secondary N) is 1. The fourth-order valence-electron chi connectivity index (χ4n) is 3.42. The summed E-state index contributed by atoms with van der Waals surface area (Å²) in [4.78, 5) is 0. The molecule has 0 fully saturated rings. The van der Waals surface area contributed by atoms with Gasteiger partial charge in [-0.15, -0.1) is 6.58 Å². The molecule has 0 unspecified atom stereocenters. The maximum Gasteiger partial charge on any atom is 0.120 e. The Morgan fingerprint density at radius 2 is 1.57 bits per heavy atom. The predicted octanol–water partition coefficient (Wildman–Crippen LogP) is 5.96. The molecule has 0 aliphatic carbocycles. The molecular weight excluding hydrogens is 342 g/mol. The standard InChI is InChI=1S/C26H29NO/c1-3-26(21(2)18-27-19-22-11-6-4-7-12-22)24-15-10-16-25(17-24)28-20-23-13-8-5-9-14-23/h3-17,21,26-27H,1,18-20H2,2H3/t21-,26+/m0/s1. The summed E-state index contributed by atoms with van der Waals surface area (Å²) in [6.07, 6.45) is 2.05. The SMILES string of the molecule is C=C[C@@H](c1cccc(OCc2ccccc2)c1)[C@@H](C)CNCc1ccccc1. The van der Waals surface area contributed by atoms with Crippen LogP contribution in [0.5, 0.6) is 5.75 Å². The van der Waals surface area contributed by atoms with Crippen molar-refractivity contribution in [3.63, 3.8) is 0 Å². The molecule has 0 aliphatic heterocycles. The summed E-state index contributed by atoms with van der Waals surface area (Å²) >= 11 is 0. The van der Waals surface area contributed by atoms with Crippen LogP contribution in [-0.4, -0.2) is 6.54 Å². The van der Waals surface area contributed by atoms with Crippen LogP contribution < -0.4 is 10.1 Å². The molecule has 0 radical (unpaired) electrons. The minimum Gasteiger partial charge on any atom is -0.489 e. The molecule has 0 aromatic heterocycles. The second kappa shape index (κ2) is 10.5. The third-order valence-corrected chi connectivity index (χ3v) is 5.00. The van der Waals surface area contributed by atoms with Gasteiger partial charge in [-0.2, -0.15) is 0 Å². The summed E-state index contributed by atoms with van der Waals surface area (Å²) < 4.78 is 6.00. The Hall–Kier alpha value is -2.84. The highest BCUT2D eigenvalue weighted by molar-refractivity contribution is 5.33. The highest BCUT2D eigenvalue weighted by Gasteiger charge is 2.16. The molecule has 0 spiro atoms. The Morgan fingerprint density at radius 1 is 0.893 bits per heavy atom. The third kappa shape index (κ3) is 5.83. The summed E-state index contributed by atoms with van der Waals surface area (Å²) in [5, 5.41) is 3.57. The van der Waals surface area contributed by atoms with Gasteiger partial charge < -0.3 is 10.1 Å². The van der Waals surface area contributed by atoms with E-state index < -0.39 is 0 Å². The van der Waals surface area contributed by atoms with Gasteiger partial charge >= 0.3 is 0 Å². The highest BCUT2D eigenvalue weighted by atomic mass is 16.5. The van der Waals surface area contributed by atoms with Crippen LogP contribution in [0.4, 0.5) is 0 Å². The fourth-order valence-corrected chi connectivity index (χ4v) is 3.42. The minimum absolute atomic E-state index is 0.281. The first-order chi connectivity index (χ1) is 13.8. The fraction of sp³-hybridized carbons (Fsp3) is 0.231. The summed E-state index contributed by atoms with van der Waals surface area (Å²) in [5.74, 6) is 1.62. The molecule has 3 aromatic carbocycles. The van der Waals surface area contributed by atoms with E-state index in [-0.39, 0.29) is 5.92 Å². The van der Waals surface area contributed by atoms with Crippen LogP contribution in [0, 0.1) is 5.92 Å². The number of allylic oxidation sites excluding steroid dienone is 1. The third-order valence-electron chi connectivity index (χ3n) is 5.00. The molecule has 0 saturated heterocycles. The van der Waals surface area contributed by atoms with Gasteiger partial charge in [-0.05, 0) is 41.3 Å². The molecule has 2 atom stereocenters. The van der Waals surface area contributed by atoms with Crippen LogP contribution in [0.2, 0.25) is 0 Å². The molecule has 144 valence electrons. The van der Waals surface area contributed by atoms with Crippen molar-refractivity contribution in [2.45, 2.75) is 26.0 Å². The van der Waals surface area contributed by atoms with Crippen molar-refractivity contribution in [1.82, 2.24) is 5.32 Å². The minimum atomic E-state index is 0.281. The van der Waals surface area contributed by atoms with Crippen LogP contribution in [-0.2, 0) is 13.2 Å². The van der Waals surface area contributed by atoms with E-state index in [1.165, 1.54) is 16.7 Å². The Labute approximate surface area is 168 Å². The molecular formula is C26H29NO. The van der Waals surface area contributed by atoms with Crippen molar-refractivity contribution in [3.05, 3.63) is 114 Å². The maximum absolute atomic E-state index is 6.00. The van der Waals surface area contributed by atoms with E-state index in [1.54, 1.807) is 0 Å². The van der Waals surface area contributed by atoms with Crippen LogP contribution >= 0.6 is 0 Å². The topological polar surface area (TPSA) is 21.3 Å². The molecule has 2 heteroatoms. The summed E-state index contributed by atoms with van der Waals surface area (Å²) in [7, 11) is 0. The second-order valence-corrected chi connectivity index (χ2v) is 7.20. The monoisotopic (exact) mass is 371 g/mol. The Morgan fingerprint density at radius 3 is 2.25 bits per heavy atom. The van der Waals surface area contributed by atoms with Gasteiger partial charge in [-0.25, -0.2) is 0 Å². The Balaban J connectivity index is 1.57. The van der Waals surface area contributed by atoms with Crippen molar-refractivity contribution < 1.29 is 4.74 Å². The van der Waals surface area contributed by atoms with Gasteiger partial charge in [0.05, 0.1) is 0 Å². The van der Waals surface area contributed by atoms with Gasteiger partial charge in [0, 0.05) is 12.5 Å². The second-order valence-electron chi connectivity index (χ2n) is 7.20. The molecule has 0 heterocycles. The van der Waals surface area contributed by atoms with Gasteiger partial charge in [-0.1, -0.05) is 85.8 Å². The van der Waals surface area contributed by atoms with Gasteiger partial charge in [0.25, 0.3) is 0 Å². The zero-order valence-electron chi connectivity index (χ0n) is 16.6. The quantitative estimate of drug-likeness (QED) is 0.444. The summed E-state index contributed by atoms with van der Waals surface area (Å²) in [5.41, 5.74) is 3.72. The van der Waals surface area contributed by atoms with Crippen LogP contribution in [0.15, 0.2) is 97.6 Å². The van der Waals surface area contributed by atoms with E-state index in [0.29, 0.717) is 12.5 Å². The molecule has 0 bridgehead atoms. The Bertz CT molecular complexity index is 845. The number of ether oxygens (including phenoxy) is 1. The van der Waals surface area contributed by atoms with Crippen molar-refractivity contribution in [1.29, 1.82) is 0 Å². The average molecular weight is 372 g/mol. The number of hydrogen-bond acceptors (Lipinski definition) is 2. The average Bonchev–Trinajstić information content (AvgIpc) is 2.75. The molecule has 0 aliphatic rings. The van der Waals surface area contributed by atoms with E-state index in [4.69, 9.17) is 4.74 Å². The molecule has 1 N–H and O–H groups in total. The molecule has 0 saturated carbocycles. The molecule has 3 aromatic rings. The van der Waals surface area contributed by atoms with Crippen molar-refractivity contribution in [2.75, 3.05) is 6.54 Å². The summed E-state index contributed by atoms with van der Waals surface area (Å²) in [6.45, 7) is 8.74. The predicted molar refractivity (Wildman–Crippen MR) is 117 cm³/mol. The van der Waals surface area contributed by atoms with E-state index in [9.17, 15) is 0 Å². The van der Waals surface area contributed by atoms with Gasteiger partial charge in [-0.3, -0.25) is 0 Å². The molecule has 3 rings (SSSR count). The lowest BCUT2D eigenvalue weighted by atomic mass is 9.87. The highest BCUT2D eigenvalue weighted by Crippen LogP contribution is 2.28. The first-order valence-electron chi connectivity index (χ1n) is 9.90. The zero-order chi connectivity index (χ0) is 19.6. The molecule has 2 nitrogen and oxygen atoms in total.